The van der Waals surface area contributed by atoms with E-state index in [4.69, 9.17) is 18.9 Å². The van der Waals surface area contributed by atoms with E-state index >= 15 is 0 Å². The largest absolute Gasteiger partial charge is 0.490 e. The van der Waals surface area contributed by atoms with Crippen LogP contribution in [-0.4, -0.2) is 36.8 Å². The molecule has 0 saturated carbocycles. The summed E-state index contributed by atoms with van der Waals surface area (Å²) in [7, 11) is 1.30. The van der Waals surface area contributed by atoms with E-state index in [0.717, 1.165) is 5.56 Å². The van der Waals surface area contributed by atoms with Gasteiger partial charge < -0.3 is 18.9 Å². The second-order valence-electron chi connectivity index (χ2n) is 8.31. The van der Waals surface area contributed by atoms with Crippen LogP contribution in [0, 0.1) is 0 Å². The van der Waals surface area contributed by atoms with Gasteiger partial charge in [0.2, 0.25) is 0 Å². The number of hydrogen-bond donors (Lipinski definition) is 0. The van der Waals surface area contributed by atoms with E-state index in [1.54, 1.807) is 49.4 Å². The Bertz CT molecular complexity index is 1580. The Morgan fingerprint density at radius 3 is 2.37 bits per heavy atom. The molecule has 0 bridgehead atoms. The van der Waals surface area contributed by atoms with Gasteiger partial charge in [0.15, 0.2) is 16.3 Å². The van der Waals surface area contributed by atoms with Crippen LogP contribution < -0.4 is 29.1 Å². The number of methoxy groups -OCH3 is 1. The molecule has 10 heteroatoms. The molecule has 1 atom stereocenters. The Labute approximate surface area is 223 Å². The highest BCUT2D eigenvalue weighted by Crippen LogP contribution is 2.36. The number of carbonyl (C=O) groups excluding carboxylic acids is 2. The number of fused-ring (bicyclic) bond motifs is 1. The van der Waals surface area contributed by atoms with Gasteiger partial charge in [0, 0.05) is 6.92 Å². The van der Waals surface area contributed by atoms with Gasteiger partial charge in [0.25, 0.3) is 5.56 Å². The maximum atomic E-state index is 13.7. The molecular formula is C28H28N2O7S. The molecule has 2 aromatic carbocycles. The monoisotopic (exact) mass is 536 g/mol. The van der Waals surface area contributed by atoms with Crippen molar-refractivity contribution in [3.05, 3.63) is 84.5 Å². The average Bonchev–Trinajstić information content (AvgIpc) is 3.19. The predicted octanol–water partition coefficient (Wildman–Crippen LogP) is 3.13. The number of rotatable bonds is 8. The zero-order valence-electron chi connectivity index (χ0n) is 21.8. The molecule has 0 saturated heterocycles. The van der Waals surface area contributed by atoms with E-state index in [1.165, 1.54) is 29.9 Å². The highest BCUT2D eigenvalue weighted by atomic mass is 32.1. The molecule has 0 amide bonds. The van der Waals surface area contributed by atoms with E-state index in [9.17, 15) is 14.4 Å². The third-order valence-electron chi connectivity index (χ3n) is 5.75. The highest BCUT2D eigenvalue weighted by Gasteiger charge is 2.33. The summed E-state index contributed by atoms with van der Waals surface area (Å²) in [5, 5.41) is 0. The van der Waals surface area contributed by atoms with Gasteiger partial charge in [0.05, 0.1) is 42.2 Å². The molecule has 0 fully saturated rings. The van der Waals surface area contributed by atoms with Gasteiger partial charge in [-0.2, -0.15) is 0 Å². The smallest absolute Gasteiger partial charge is 0.338 e. The van der Waals surface area contributed by atoms with Crippen LogP contribution in [0.4, 0.5) is 0 Å². The van der Waals surface area contributed by atoms with Gasteiger partial charge in [-0.05, 0) is 62.2 Å². The number of carbonyl (C=O) groups is 2. The zero-order chi connectivity index (χ0) is 27.4. The lowest BCUT2D eigenvalue weighted by Gasteiger charge is -2.25. The summed E-state index contributed by atoms with van der Waals surface area (Å²) < 4.78 is 23.6. The van der Waals surface area contributed by atoms with Crippen molar-refractivity contribution in [2.45, 2.75) is 33.7 Å². The standard InChI is InChI=1S/C28H28N2O7S/c1-6-35-21-13-10-19(15-22(21)36-7-2)25-24(27(33)34-5)16(3)29-28-30(25)26(32)23(38-28)14-18-8-11-20(12-9-18)37-17(4)31/h8-15,25H,6-7H2,1-5H3/b23-14-/t25-/m1/s1. The van der Waals surface area contributed by atoms with Crippen molar-refractivity contribution in [3.8, 4) is 17.2 Å². The van der Waals surface area contributed by atoms with Crippen molar-refractivity contribution in [3.63, 3.8) is 0 Å². The van der Waals surface area contributed by atoms with Crippen molar-refractivity contribution < 1.29 is 28.5 Å². The minimum Gasteiger partial charge on any atom is -0.490 e. The Kier molecular flexibility index (Phi) is 8.11. The van der Waals surface area contributed by atoms with Crippen LogP contribution in [-0.2, 0) is 14.3 Å². The van der Waals surface area contributed by atoms with E-state index in [-0.39, 0.29) is 11.1 Å². The van der Waals surface area contributed by atoms with E-state index in [0.29, 0.717) is 51.1 Å². The van der Waals surface area contributed by atoms with Crippen molar-refractivity contribution in [2.75, 3.05) is 20.3 Å². The van der Waals surface area contributed by atoms with Crippen LogP contribution in [0.2, 0.25) is 0 Å². The zero-order valence-corrected chi connectivity index (χ0v) is 22.6. The van der Waals surface area contributed by atoms with Crippen LogP contribution >= 0.6 is 11.3 Å². The first-order valence-electron chi connectivity index (χ1n) is 12.1. The summed E-state index contributed by atoms with van der Waals surface area (Å²) in [6.07, 6.45) is 1.74. The molecule has 0 unspecified atom stereocenters. The molecule has 1 aromatic heterocycles. The first-order valence-corrected chi connectivity index (χ1v) is 12.9. The first kappa shape index (κ1) is 26.9. The maximum absolute atomic E-state index is 13.7. The fourth-order valence-corrected chi connectivity index (χ4v) is 5.24. The molecule has 198 valence electrons. The second kappa shape index (κ2) is 11.5. The van der Waals surface area contributed by atoms with Crippen molar-refractivity contribution in [2.24, 2.45) is 4.99 Å². The minimum absolute atomic E-state index is 0.267. The summed E-state index contributed by atoms with van der Waals surface area (Å²) >= 11 is 1.22. The molecule has 1 aliphatic heterocycles. The summed E-state index contributed by atoms with van der Waals surface area (Å²) in [5.41, 5.74) is 1.83. The van der Waals surface area contributed by atoms with Crippen LogP contribution in [0.15, 0.2) is 63.5 Å². The van der Waals surface area contributed by atoms with E-state index in [2.05, 4.69) is 4.99 Å². The van der Waals surface area contributed by atoms with Crippen LogP contribution in [0.5, 0.6) is 17.2 Å². The van der Waals surface area contributed by atoms with Crippen molar-refractivity contribution in [1.29, 1.82) is 0 Å². The molecular weight excluding hydrogens is 508 g/mol. The van der Waals surface area contributed by atoms with Gasteiger partial charge >= 0.3 is 11.9 Å². The molecule has 2 heterocycles. The van der Waals surface area contributed by atoms with Gasteiger partial charge in [0.1, 0.15) is 5.75 Å². The second-order valence-corrected chi connectivity index (χ2v) is 9.32. The first-order chi connectivity index (χ1) is 18.3. The van der Waals surface area contributed by atoms with Gasteiger partial charge in [-0.1, -0.05) is 29.5 Å². The number of benzene rings is 2. The third kappa shape index (κ3) is 5.40. The van der Waals surface area contributed by atoms with Gasteiger partial charge in [-0.15, -0.1) is 0 Å². The predicted molar refractivity (Wildman–Crippen MR) is 142 cm³/mol. The van der Waals surface area contributed by atoms with Gasteiger partial charge in [-0.3, -0.25) is 14.2 Å². The lowest BCUT2D eigenvalue weighted by Crippen LogP contribution is -2.39. The summed E-state index contributed by atoms with van der Waals surface area (Å²) in [4.78, 5) is 42.9. The number of ether oxygens (including phenoxy) is 4. The maximum Gasteiger partial charge on any atom is 0.338 e. The van der Waals surface area contributed by atoms with Crippen LogP contribution in [0.25, 0.3) is 6.08 Å². The minimum atomic E-state index is -0.776. The average molecular weight is 537 g/mol. The van der Waals surface area contributed by atoms with Crippen molar-refractivity contribution in [1.82, 2.24) is 4.57 Å². The molecule has 4 rings (SSSR count). The molecule has 3 aromatic rings. The molecule has 0 spiro atoms. The highest BCUT2D eigenvalue weighted by molar-refractivity contribution is 7.07. The van der Waals surface area contributed by atoms with Gasteiger partial charge in [-0.25, -0.2) is 9.79 Å². The normalized spacial score (nSPS) is 15.0. The Hall–Kier alpha value is -4.18. The van der Waals surface area contributed by atoms with E-state index < -0.39 is 18.0 Å². The Balaban J connectivity index is 1.88. The number of esters is 2. The number of nitrogens with zero attached hydrogens (tertiary/aromatic N) is 2. The van der Waals surface area contributed by atoms with Crippen molar-refractivity contribution >= 4 is 29.4 Å². The quantitative estimate of drug-likeness (QED) is 0.322. The fourth-order valence-electron chi connectivity index (χ4n) is 4.20. The summed E-state index contributed by atoms with van der Waals surface area (Å²) in [6, 6.07) is 11.4. The molecule has 1 aliphatic rings. The number of hydrogen-bond acceptors (Lipinski definition) is 9. The Morgan fingerprint density at radius 1 is 1.05 bits per heavy atom. The van der Waals surface area contributed by atoms with Crippen LogP contribution in [0.1, 0.15) is 44.9 Å². The molecule has 0 radical (unpaired) electrons. The molecule has 0 N–H and O–H groups in total. The SMILES string of the molecule is CCOc1ccc([C@@H]2C(C(=O)OC)=C(C)N=c3s/c(=C\c4ccc(OC(C)=O)cc4)c(=O)n32)cc1OCC. The Morgan fingerprint density at radius 2 is 1.74 bits per heavy atom. The van der Waals surface area contributed by atoms with Crippen LogP contribution in [0.3, 0.4) is 0 Å². The fraction of sp³-hybridized carbons (Fsp3) is 0.286. The third-order valence-corrected chi connectivity index (χ3v) is 6.73. The topological polar surface area (TPSA) is 105 Å². The molecule has 9 nitrogen and oxygen atoms in total. The number of thiazole rings is 1. The summed E-state index contributed by atoms with van der Waals surface area (Å²) in [5.74, 6) is 0.516. The molecule has 0 aliphatic carbocycles. The lowest BCUT2D eigenvalue weighted by molar-refractivity contribution is -0.136. The lowest BCUT2D eigenvalue weighted by atomic mass is 9.95. The number of allylic oxidation sites excluding steroid dienone is 1. The molecule has 38 heavy (non-hydrogen) atoms. The summed E-state index contributed by atoms with van der Waals surface area (Å²) in [6.45, 7) is 7.69. The number of aromatic nitrogens is 1. The van der Waals surface area contributed by atoms with E-state index in [1.807, 2.05) is 19.9 Å².